The van der Waals surface area contributed by atoms with Crippen molar-refractivity contribution in [3.8, 4) is 0 Å². The molecule has 3 heteroatoms. The molecule has 1 aliphatic carbocycles. The maximum absolute atomic E-state index is 12.0. The van der Waals surface area contributed by atoms with Crippen LogP contribution in [0.25, 0.3) is 0 Å². The smallest absolute Gasteiger partial charge is 0.311 e. The van der Waals surface area contributed by atoms with Crippen molar-refractivity contribution in [2.45, 2.75) is 38.7 Å². The minimum Gasteiger partial charge on any atom is -0.461 e. The third-order valence-electron chi connectivity index (χ3n) is 3.67. The molecule has 1 N–H and O–H groups in total. The first-order valence-electron chi connectivity index (χ1n) is 7.29. The zero-order valence-electron chi connectivity index (χ0n) is 11.8. The number of allylic oxidation sites excluding steroid dienone is 2. The molecule has 108 valence electrons. The molecule has 0 aromatic heterocycles. The normalized spacial score (nSPS) is 16.4. The van der Waals surface area contributed by atoms with Crippen molar-refractivity contribution in [3.63, 3.8) is 0 Å². The number of carbonyl (C=O) groups excluding carboxylic acids is 1. The molecule has 20 heavy (non-hydrogen) atoms. The van der Waals surface area contributed by atoms with Crippen LogP contribution in [0, 0.1) is 5.92 Å². The summed E-state index contributed by atoms with van der Waals surface area (Å²) in [6, 6.07) is 9.60. The van der Waals surface area contributed by atoms with E-state index in [9.17, 15) is 9.90 Å². The van der Waals surface area contributed by atoms with E-state index >= 15 is 0 Å². The minimum atomic E-state index is -0.428. The lowest BCUT2D eigenvalue weighted by atomic mass is 9.91. The molecule has 0 fully saturated rings. The first-order chi connectivity index (χ1) is 9.79. The van der Waals surface area contributed by atoms with Crippen LogP contribution in [0.3, 0.4) is 0 Å². The lowest BCUT2D eigenvalue weighted by Gasteiger charge is -2.18. The number of hydrogen-bond acceptors (Lipinski definition) is 3. The number of aliphatic hydroxyl groups is 1. The lowest BCUT2D eigenvalue weighted by molar-refractivity contribution is -0.151. The summed E-state index contributed by atoms with van der Waals surface area (Å²) in [5.74, 6) is -0.731. The van der Waals surface area contributed by atoms with Crippen molar-refractivity contribution in [2.24, 2.45) is 5.92 Å². The third kappa shape index (κ3) is 4.49. The maximum Gasteiger partial charge on any atom is 0.311 e. The van der Waals surface area contributed by atoms with Crippen LogP contribution in [0.5, 0.6) is 0 Å². The molecule has 2 rings (SSSR count). The topological polar surface area (TPSA) is 46.5 Å². The molecule has 0 bridgehead atoms. The number of carbonyl (C=O) groups is 1. The highest BCUT2D eigenvalue weighted by molar-refractivity contribution is 5.73. The zero-order valence-corrected chi connectivity index (χ0v) is 11.8. The predicted octanol–water partition coefficient (Wildman–Crippen LogP) is 3.23. The summed E-state index contributed by atoms with van der Waals surface area (Å²) in [6.45, 7) is 0.125. The van der Waals surface area contributed by atoms with Crippen molar-refractivity contribution in [2.75, 3.05) is 6.61 Å². The monoisotopic (exact) mass is 274 g/mol. The molecule has 0 aliphatic heterocycles. The molecular weight excluding hydrogens is 252 g/mol. The summed E-state index contributed by atoms with van der Waals surface area (Å²) in [5, 5.41) is 9.40. The quantitative estimate of drug-likeness (QED) is 0.640. The summed E-state index contributed by atoms with van der Waals surface area (Å²) in [6.07, 6.45) is 7.38. The Kier molecular flexibility index (Phi) is 5.81. The van der Waals surface area contributed by atoms with Crippen molar-refractivity contribution in [1.29, 1.82) is 0 Å². The molecule has 1 aromatic carbocycles. The van der Waals surface area contributed by atoms with E-state index in [2.05, 4.69) is 6.08 Å². The highest BCUT2D eigenvalue weighted by atomic mass is 16.5. The van der Waals surface area contributed by atoms with Crippen LogP contribution >= 0.6 is 0 Å². The third-order valence-corrected chi connectivity index (χ3v) is 3.67. The Bertz CT molecular complexity index is 451. The van der Waals surface area contributed by atoms with Gasteiger partial charge in [0.2, 0.25) is 0 Å². The number of hydrogen-bond donors (Lipinski definition) is 1. The van der Waals surface area contributed by atoms with Crippen LogP contribution < -0.4 is 0 Å². The summed E-state index contributed by atoms with van der Waals surface area (Å²) in [5.41, 5.74) is 2.25. The molecule has 0 saturated carbocycles. The Balaban J connectivity index is 1.84. The van der Waals surface area contributed by atoms with Crippen LogP contribution in [0.15, 0.2) is 42.0 Å². The van der Waals surface area contributed by atoms with Crippen molar-refractivity contribution in [3.05, 3.63) is 47.5 Å². The van der Waals surface area contributed by atoms with E-state index in [0.29, 0.717) is 6.42 Å². The van der Waals surface area contributed by atoms with Crippen LogP contribution in [0.4, 0.5) is 0 Å². The number of rotatable bonds is 6. The molecule has 0 saturated heterocycles. The van der Waals surface area contributed by atoms with Crippen LogP contribution in [0.1, 0.15) is 37.7 Å². The van der Waals surface area contributed by atoms with Gasteiger partial charge in [0.15, 0.2) is 0 Å². The van der Waals surface area contributed by atoms with Crippen molar-refractivity contribution < 1.29 is 14.6 Å². The van der Waals surface area contributed by atoms with Crippen molar-refractivity contribution >= 4 is 5.97 Å². The first kappa shape index (κ1) is 14.8. The zero-order chi connectivity index (χ0) is 14.2. The Morgan fingerprint density at radius 1 is 1.25 bits per heavy atom. The molecule has 0 spiro atoms. The van der Waals surface area contributed by atoms with Gasteiger partial charge in [-0.05, 0) is 37.7 Å². The van der Waals surface area contributed by atoms with E-state index in [1.807, 2.05) is 30.3 Å². The van der Waals surface area contributed by atoms with Crippen LogP contribution in [-0.4, -0.2) is 17.7 Å². The molecule has 1 atom stereocenters. The molecule has 0 amide bonds. The molecule has 0 radical (unpaired) electrons. The molecule has 3 nitrogen and oxygen atoms in total. The van der Waals surface area contributed by atoms with Gasteiger partial charge in [-0.25, -0.2) is 0 Å². The second-order valence-electron chi connectivity index (χ2n) is 5.29. The average Bonchev–Trinajstić information content (AvgIpc) is 2.52. The van der Waals surface area contributed by atoms with Gasteiger partial charge in [0.05, 0.1) is 12.5 Å². The number of benzene rings is 1. The van der Waals surface area contributed by atoms with Gasteiger partial charge in [-0.1, -0.05) is 42.0 Å². The van der Waals surface area contributed by atoms with E-state index < -0.39 is 5.92 Å². The minimum absolute atomic E-state index is 0.148. The Labute approximate surface area is 120 Å². The van der Waals surface area contributed by atoms with Gasteiger partial charge in [0, 0.05) is 0 Å². The SMILES string of the molecule is O=C(OCc1ccccc1)C(CO)CC1=CCCCC1. The van der Waals surface area contributed by atoms with Gasteiger partial charge in [-0.15, -0.1) is 0 Å². The Morgan fingerprint density at radius 2 is 2.05 bits per heavy atom. The summed E-state index contributed by atoms with van der Waals surface area (Å²) < 4.78 is 5.30. The highest BCUT2D eigenvalue weighted by Crippen LogP contribution is 2.24. The van der Waals surface area contributed by atoms with Gasteiger partial charge < -0.3 is 9.84 Å². The molecule has 1 aliphatic rings. The van der Waals surface area contributed by atoms with E-state index in [1.165, 1.54) is 18.4 Å². The van der Waals surface area contributed by atoms with Gasteiger partial charge in [-0.3, -0.25) is 4.79 Å². The van der Waals surface area contributed by atoms with E-state index in [1.54, 1.807) is 0 Å². The Hall–Kier alpha value is -1.61. The fourth-order valence-corrected chi connectivity index (χ4v) is 2.48. The van der Waals surface area contributed by atoms with E-state index in [0.717, 1.165) is 18.4 Å². The first-order valence-corrected chi connectivity index (χ1v) is 7.29. The molecule has 1 unspecified atom stereocenters. The number of ether oxygens (including phenoxy) is 1. The summed E-state index contributed by atoms with van der Waals surface area (Å²) >= 11 is 0. The fourth-order valence-electron chi connectivity index (χ4n) is 2.48. The number of aliphatic hydroxyl groups excluding tert-OH is 1. The average molecular weight is 274 g/mol. The van der Waals surface area contributed by atoms with Crippen molar-refractivity contribution in [1.82, 2.24) is 0 Å². The van der Waals surface area contributed by atoms with Gasteiger partial charge >= 0.3 is 5.97 Å². The summed E-state index contributed by atoms with van der Waals surface area (Å²) in [7, 11) is 0. The van der Waals surface area contributed by atoms with Crippen LogP contribution in [0.2, 0.25) is 0 Å². The fraction of sp³-hybridized carbons (Fsp3) is 0.471. The molecule has 1 aromatic rings. The number of esters is 1. The van der Waals surface area contributed by atoms with Gasteiger partial charge in [0.1, 0.15) is 6.61 Å². The largest absolute Gasteiger partial charge is 0.461 e. The van der Waals surface area contributed by atoms with E-state index in [4.69, 9.17) is 4.74 Å². The second-order valence-corrected chi connectivity index (χ2v) is 5.29. The van der Waals surface area contributed by atoms with Gasteiger partial charge in [0.25, 0.3) is 0 Å². The highest BCUT2D eigenvalue weighted by Gasteiger charge is 2.21. The predicted molar refractivity (Wildman–Crippen MR) is 78.0 cm³/mol. The van der Waals surface area contributed by atoms with Crippen LogP contribution in [-0.2, 0) is 16.1 Å². The Morgan fingerprint density at radius 3 is 2.70 bits per heavy atom. The lowest BCUT2D eigenvalue weighted by Crippen LogP contribution is -2.22. The maximum atomic E-state index is 12.0. The van der Waals surface area contributed by atoms with Gasteiger partial charge in [-0.2, -0.15) is 0 Å². The standard InChI is InChI=1S/C17H22O3/c18-12-16(11-14-7-3-1-4-8-14)17(19)20-13-15-9-5-2-6-10-15/h2,5-7,9-10,16,18H,1,3-4,8,11-13H2. The second kappa shape index (κ2) is 7.85. The van der Waals surface area contributed by atoms with E-state index in [-0.39, 0.29) is 19.2 Å². The molecular formula is C17H22O3. The molecule has 0 heterocycles. The summed E-state index contributed by atoms with van der Waals surface area (Å²) in [4.78, 5) is 12.0.